The average Bonchev–Trinajstić information content (AvgIpc) is 3.92. The van der Waals surface area contributed by atoms with Gasteiger partial charge in [-0.1, -0.05) is 80.5 Å². The van der Waals surface area contributed by atoms with Crippen molar-refractivity contribution >= 4 is 17.3 Å². The van der Waals surface area contributed by atoms with Crippen LogP contribution in [0.2, 0.25) is 0 Å². The lowest BCUT2D eigenvalue weighted by atomic mass is 9.49. The Kier molecular flexibility index (Phi) is 11.3. The summed E-state index contributed by atoms with van der Waals surface area (Å²) in [4.78, 5) is 35.8. The molecule has 22 atom stereocenters. The maximum Gasteiger partial charge on any atom is 0.155 e. The number of ketones is 3. The van der Waals surface area contributed by atoms with E-state index in [0.29, 0.717) is 45.4 Å². The second-order valence-corrected chi connectivity index (χ2v) is 28.3. The molecule has 0 bridgehead atoms. The van der Waals surface area contributed by atoms with E-state index in [2.05, 4.69) is 81.5 Å². The third-order valence-corrected chi connectivity index (χ3v) is 27.1. The minimum atomic E-state index is 0.0177. The molecule has 10 fully saturated rings. The molecule has 396 valence electrons. The first-order valence-corrected chi connectivity index (χ1v) is 31.4. The zero-order valence-corrected chi connectivity index (χ0v) is 45.4. The molecule has 17 aliphatic rings. The molecule has 17 rings (SSSR count). The summed E-state index contributed by atoms with van der Waals surface area (Å²) in [5.41, 5.74) is 5.72. The molecule has 3 aliphatic heterocycles. The Bertz CT molecular complexity index is 2470. The van der Waals surface area contributed by atoms with Crippen LogP contribution in [0.3, 0.4) is 0 Å². The Balaban J connectivity index is 0.0000000981. The average molecular weight is 1000 g/mol. The minimum absolute atomic E-state index is 0.0177. The predicted octanol–water partition coefficient (Wildman–Crippen LogP) is 14.0. The Morgan fingerprint density at radius 1 is 0.446 bits per heavy atom. The third-order valence-electron chi connectivity index (χ3n) is 27.1. The second-order valence-electron chi connectivity index (χ2n) is 28.3. The number of ether oxygens (including phenoxy) is 3. The number of hydrogen-bond donors (Lipinski definition) is 0. The van der Waals surface area contributed by atoms with E-state index >= 15 is 0 Å². The summed E-state index contributed by atoms with van der Waals surface area (Å²) in [5.74, 6) is 13.9. The Morgan fingerprint density at radius 2 is 0.865 bits per heavy atom. The molecule has 0 aromatic carbocycles. The molecule has 6 heteroatoms. The van der Waals surface area contributed by atoms with Crippen molar-refractivity contribution in [3.63, 3.8) is 0 Å². The number of hydrogen-bond acceptors (Lipinski definition) is 6. The maximum atomic E-state index is 12.0. The van der Waals surface area contributed by atoms with Crippen molar-refractivity contribution in [1.29, 1.82) is 0 Å². The van der Waals surface area contributed by atoms with Crippen molar-refractivity contribution in [3.8, 4) is 0 Å². The quantitative estimate of drug-likeness (QED) is 0.262. The molecule has 0 radical (unpaired) electrons. The van der Waals surface area contributed by atoms with Crippen LogP contribution in [0.5, 0.6) is 0 Å². The first-order valence-electron chi connectivity index (χ1n) is 31.4. The fraction of sp³-hybridized carbons (Fsp3) is 0.750. The first kappa shape index (κ1) is 48.2. The lowest BCUT2D eigenvalue weighted by Crippen LogP contribution is -2.54. The normalized spacial score (nSPS) is 53.3. The van der Waals surface area contributed by atoms with Gasteiger partial charge in [0.2, 0.25) is 0 Å². The van der Waals surface area contributed by atoms with Crippen LogP contribution in [0.4, 0.5) is 0 Å². The van der Waals surface area contributed by atoms with E-state index in [-0.39, 0.29) is 16.8 Å². The van der Waals surface area contributed by atoms with Crippen LogP contribution in [0.15, 0.2) is 83.6 Å². The monoisotopic (exact) mass is 1000 g/mol. The van der Waals surface area contributed by atoms with Gasteiger partial charge in [-0.05, 0) is 247 Å². The number of carbonyl (C=O) groups is 3. The van der Waals surface area contributed by atoms with Gasteiger partial charge in [0.1, 0.15) is 0 Å². The van der Waals surface area contributed by atoms with E-state index in [9.17, 15) is 14.4 Å². The summed E-state index contributed by atoms with van der Waals surface area (Å²) in [7, 11) is 0. The van der Waals surface area contributed by atoms with Gasteiger partial charge >= 0.3 is 0 Å². The summed E-state index contributed by atoms with van der Waals surface area (Å²) >= 11 is 0. The van der Waals surface area contributed by atoms with Gasteiger partial charge in [0.05, 0.1) is 36.6 Å². The molecule has 10 saturated carbocycles. The van der Waals surface area contributed by atoms with Crippen molar-refractivity contribution in [2.75, 3.05) is 19.8 Å². The van der Waals surface area contributed by atoms with Crippen LogP contribution in [0, 0.1) is 111 Å². The molecular formula is C68H88O6. The highest BCUT2D eigenvalue weighted by Gasteiger charge is 2.71. The van der Waals surface area contributed by atoms with Crippen molar-refractivity contribution in [2.24, 2.45) is 111 Å². The standard InChI is InChI=1S/2C23H30O2.C22H28O2/c2*1-2-22-9-6-16-15-5-4-14(24)12-17(15)18-13-19(18)21(16)20(22)7-10-23(22)8-3-11-25-23;1-2-21-11-8-18-17-7-5-16(23)14-15(17)4-6-19(18)20(21)9-12-22(21)10-3-13-24-22/h2*3,8,12,15-16,18-21H,2,4-7,9-11,13H2,1H3;3-4,6,10,14,17-20H,2,5,7-9,11-13H2,1H3/t15-,16?,18+,19+,20?,21?,22+,23+;15-,16?,18-,19?,20?,21?,22+,23+;17-,18?,19?,20?,21-,22-/m110/s1. The van der Waals surface area contributed by atoms with Gasteiger partial charge in [0.25, 0.3) is 0 Å². The number of carbonyl (C=O) groups excluding carboxylic acids is 3. The second kappa shape index (κ2) is 17.3. The first-order chi connectivity index (χ1) is 36.1. The SMILES string of the molecule is CC[C@]12CCC3C(C1CC[C@@]21C=CCO1)[C@H]1C[C@H]1C1=CC(=O)CC[C@@H]13.CC[C@]12CCC3C(C4C[C@@H]4C4=CC(=O)CC[C@@H]43)C1CC[C@@]21C=CCO1.CC[C@]12CCC3C(C=CC4=CC(=O)CC[C@@H]43)C1CC[C@@]21C=CCO1. The van der Waals surface area contributed by atoms with E-state index < -0.39 is 0 Å². The Hall–Kier alpha value is -2.93. The fourth-order valence-corrected chi connectivity index (χ4v) is 24.3. The highest BCUT2D eigenvalue weighted by atomic mass is 16.5. The minimum Gasteiger partial charge on any atom is -0.366 e. The maximum absolute atomic E-state index is 12.0. The molecule has 0 aromatic heterocycles. The van der Waals surface area contributed by atoms with Gasteiger partial charge < -0.3 is 14.2 Å². The largest absolute Gasteiger partial charge is 0.366 e. The van der Waals surface area contributed by atoms with Crippen molar-refractivity contribution in [3.05, 3.63) is 83.6 Å². The fourth-order valence-electron chi connectivity index (χ4n) is 24.3. The van der Waals surface area contributed by atoms with Crippen molar-refractivity contribution in [1.82, 2.24) is 0 Å². The van der Waals surface area contributed by atoms with Gasteiger partial charge in [0, 0.05) is 35.5 Å². The summed E-state index contributed by atoms with van der Waals surface area (Å²) in [5, 5.41) is 0. The van der Waals surface area contributed by atoms with Crippen LogP contribution in [0.25, 0.3) is 0 Å². The van der Waals surface area contributed by atoms with Crippen LogP contribution in [0.1, 0.15) is 168 Å². The highest BCUT2D eigenvalue weighted by molar-refractivity contribution is 5.92. The smallest absolute Gasteiger partial charge is 0.155 e. The van der Waals surface area contributed by atoms with Crippen LogP contribution in [-0.2, 0) is 28.6 Å². The Morgan fingerprint density at radius 3 is 1.31 bits per heavy atom. The van der Waals surface area contributed by atoms with Gasteiger partial charge in [-0.3, -0.25) is 14.4 Å². The van der Waals surface area contributed by atoms with Crippen LogP contribution in [-0.4, -0.2) is 54.0 Å². The number of allylic oxidation sites excluding steroid dienone is 6. The van der Waals surface area contributed by atoms with Gasteiger partial charge in [0.15, 0.2) is 17.3 Å². The molecular weight excluding hydrogens is 913 g/mol. The predicted molar refractivity (Wildman–Crippen MR) is 288 cm³/mol. The van der Waals surface area contributed by atoms with E-state index in [4.69, 9.17) is 14.2 Å². The van der Waals surface area contributed by atoms with E-state index in [1.165, 1.54) is 115 Å². The molecule has 74 heavy (non-hydrogen) atoms. The van der Waals surface area contributed by atoms with Crippen molar-refractivity contribution < 1.29 is 28.6 Å². The summed E-state index contributed by atoms with van der Waals surface area (Å²) in [6, 6.07) is 0. The third kappa shape index (κ3) is 6.49. The summed E-state index contributed by atoms with van der Waals surface area (Å²) in [6.07, 6.45) is 52.9. The lowest BCUT2D eigenvalue weighted by Gasteiger charge is -2.56. The van der Waals surface area contributed by atoms with E-state index in [0.717, 1.165) is 141 Å². The van der Waals surface area contributed by atoms with Gasteiger partial charge in [-0.15, -0.1) is 0 Å². The molecule has 0 N–H and O–H groups in total. The molecule has 0 aromatic rings. The molecule has 10 unspecified atom stereocenters. The lowest BCUT2D eigenvalue weighted by molar-refractivity contribution is -0.127. The molecule has 0 amide bonds. The van der Waals surface area contributed by atoms with E-state index in [1.807, 2.05) is 6.08 Å². The Labute approximate surface area is 443 Å². The van der Waals surface area contributed by atoms with Crippen LogP contribution >= 0.6 is 0 Å². The van der Waals surface area contributed by atoms with Crippen molar-refractivity contribution in [2.45, 2.75) is 185 Å². The summed E-state index contributed by atoms with van der Waals surface area (Å²) in [6.45, 7) is 9.68. The number of fused-ring (bicyclic) bond motifs is 24. The van der Waals surface area contributed by atoms with Gasteiger partial charge in [-0.2, -0.15) is 0 Å². The topological polar surface area (TPSA) is 78.9 Å². The molecule has 0 saturated heterocycles. The molecule has 3 heterocycles. The highest BCUT2D eigenvalue weighted by Crippen LogP contribution is 2.76. The molecule has 6 nitrogen and oxygen atoms in total. The van der Waals surface area contributed by atoms with Gasteiger partial charge in [-0.25, -0.2) is 0 Å². The molecule has 3 spiro atoms. The zero-order chi connectivity index (χ0) is 50.0. The van der Waals surface area contributed by atoms with Crippen LogP contribution < -0.4 is 0 Å². The van der Waals surface area contributed by atoms with E-state index in [1.54, 1.807) is 11.1 Å². The zero-order valence-electron chi connectivity index (χ0n) is 45.4. The number of rotatable bonds is 3. The molecule has 14 aliphatic carbocycles. The summed E-state index contributed by atoms with van der Waals surface area (Å²) < 4.78 is 19.3.